The molecule has 1 aliphatic carbocycles. The summed E-state index contributed by atoms with van der Waals surface area (Å²) in [7, 11) is 1.28. The lowest BCUT2D eigenvalue weighted by Crippen LogP contribution is -2.27. The van der Waals surface area contributed by atoms with Crippen LogP contribution in [-0.4, -0.2) is 47.7 Å². The molecular formula is C18H17F3N4O3. The molecule has 0 N–H and O–H groups in total. The Morgan fingerprint density at radius 2 is 1.96 bits per heavy atom. The van der Waals surface area contributed by atoms with Gasteiger partial charge in [0.2, 0.25) is 5.95 Å². The summed E-state index contributed by atoms with van der Waals surface area (Å²) in [6.07, 6.45) is -1.95. The van der Waals surface area contributed by atoms with Crippen molar-refractivity contribution in [2.45, 2.75) is 6.18 Å². The minimum atomic E-state index is -4.55. The Bertz CT molecular complexity index is 880. The van der Waals surface area contributed by atoms with Crippen LogP contribution >= 0.6 is 0 Å². The Balaban J connectivity index is 1.35. The van der Waals surface area contributed by atoms with Crippen LogP contribution in [0.4, 0.5) is 19.1 Å². The van der Waals surface area contributed by atoms with E-state index in [0.717, 1.165) is 6.20 Å². The van der Waals surface area contributed by atoms with Crippen molar-refractivity contribution in [3.05, 3.63) is 42.0 Å². The maximum atomic E-state index is 13.0. The number of hydrogen-bond donors (Lipinski definition) is 0. The van der Waals surface area contributed by atoms with Gasteiger partial charge >= 0.3 is 12.1 Å². The first-order valence-electron chi connectivity index (χ1n) is 8.70. The fourth-order valence-electron chi connectivity index (χ4n) is 3.68. The normalized spacial score (nSPS) is 23.3. The number of esters is 1. The van der Waals surface area contributed by atoms with E-state index in [-0.39, 0.29) is 24.0 Å². The molecule has 0 spiro atoms. The zero-order chi connectivity index (χ0) is 19.9. The van der Waals surface area contributed by atoms with Gasteiger partial charge in [-0.2, -0.15) is 13.2 Å². The number of hydrogen-bond acceptors (Lipinski definition) is 7. The number of halogens is 3. The maximum Gasteiger partial charge on any atom is 0.437 e. The molecule has 148 valence electrons. The van der Waals surface area contributed by atoms with Crippen molar-refractivity contribution in [2.24, 2.45) is 17.8 Å². The molecule has 2 aliphatic rings. The van der Waals surface area contributed by atoms with Crippen LogP contribution < -0.4 is 9.64 Å². The number of alkyl halides is 3. The number of carbonyl (C=O) groups excluding carboxylic acids is 1. The van der Waals surface area contributed by atoms with Crippen LogP contribution in [0, 0.1) is 17.8 Å². The zero-order valence-electron chi connectivity index (χ0n) is 14.9. The highest BCUT2D eigenvalue weighted by molar-refractivity contribution is 5.87. The molecule has 1 saturated heterocycles. The van der Waals surface area contributed by atoms with Crippen LogP contribution in [-0.2, 0) is 10.9 Å². The lowest BCUT2D eigenvalue weighted by Gasteiger charge is -2.20. The van der Waals surface area contributed by atoms with Gasteiger partial charge < -0.3 is 14.4 Å². The monoisotopic (exact) mass is 394 g/mol. The Morgan fingerprint density at radius 3 is 2.64 bits per heavy atom. The molecule has 4 rings (SSSR count). The molecule has 0 radical (unpaired) electrons. The van der Waals surface area contributed by atoms with Crippen molar-refractivity contribution < 1.29 is 27.4 Å². The van der Waals surface area contributed by atoms with Crippen molar-refractivity contribution in [1.82, 2.24) is 15.0 Å². The van der Waals surface area contributed by atoms with E-state index in [0.29, 0.717) is 30.9 Å². The van der Waals surface area contributed by atoms with Crippen LogP contribution in [0.3, 0.4) is 0 Å². The van der Waals surface area contributed by atoms with E-state index in [1.165, 1.54) is 31.5 Å². The van der Waals surface area contributed by atoms with Gasteiger partial charge in [-0.1, -0.05) is 0 Å². The van der Waals surface area contributed by atoms with Gasteiger partial charge in [-0.15, -0.1) is 0 Å². The summed E-state index contributed by atoms with van der Waals surface area (Å²) in [6.45, 7) is 1.55. The molecule has 0 aromatic carbocycles. The largest absolute Gasteiger partial charge is 0.491 e. The maximum absolute atomic E-state index is 13.0. The number of piperidine rings is 1. The summed E-state index contributed by atoms with van der Waals surface area (Å²) in [5, 5.41) is 0. The predicted octanol–water partition coefficient (Wildman–Crippen LogP) is 2.44. The number of nitrogens with zero attached hydrogens (tertiary/aromatic N) is 4. The number of aromatic nitrogens is 3. The Kier molecular flexibility index (Phi) is 4.56. The highest BCUT2D eigenvalue weighted by Gasteiger charge is 2.56. The van der Waals surface area contributed by atoms with Crippen LogP contribution in [0.2, 0.25) is 0 Å². The van der Waals surface area contributed by atoms with Gasteiger partial charge in [0.15, 0.2) is 11.4 Å². The molecule has 3 heterocycles. The molecule has 1 saturated carbocycles. The van der Waals surface area contributed by atoms with E-state index < -0.39 is 17.8 Å². The van der Waals surface area contributed by atoms with Crippen molar-refractivity contribution in [3.63, 3.8) is 0 Å². The first-order chi connectivity index (χ1) is 13.4. The average molecular weight is 394 g/mol. The molecule has 2 fully saturated rings. The second-order valence-electron chi connectivity index (χ2n) is 6.79. The smallest absolute Gasteiger partial charge is 0.437 e. The average Bonchev–Trinajstić information content (AvgIpc) is 3.14. The van der Waals surface area contributed by atoms with E-state index in [4.69, 9.17) is 4.74 Å². The third kappa shape index (κ3) is 3.46. The molecular weight excluding hydrogens is 377 g/mol. The molecule has 0 amide bonds. The Hall–Kier alpha value is -2.91. The van der Waals surface area contributed by atoms with Crippen molar-refractivity contribution >= 4 is 11.9 Å². The summed E-state index contributed by atoms with van der Waals surface area (Å²) in [4.78, 5) is 25.3. The zero-order valence-corrected chi connectivity index (χ0v) is 14.9. The van der Waals surface area contributed by atoms with Gasteiger partial charge in [0, 0.05) is 31.4 Å². The summed E-state index contributed by atoms with van der Waals surface area (Å²) in [5.74, 6) is 0.456. The second kappa shape index (κ2) is 6.92. The van der Waals surface area contributed by atoms with Gasteiger partial charge in [0.25, 0.3) is 0 Å². The van der Waals surface area contributed by atoms with Crippen LogP contribution in [0.5, 0.6) is 5.75 Å². The van der Waals surface area contributed by atoms with Crippen molar-refractivity contribution in [2.75, 3.05) is 31.7 Å². The summed E-state index contributed by atoms with van der Waals surface area (Å²) in [5.41, 5.74) is -0.820. The quantitative estimate of drug-likeness (QED) is 0.721. The van der Waals surface area contributed by atoms with Gasteiger partial charge in [0.05, 0.1) is 13.7 Å². The summed E-state index contributed by atoms with van der Waals surface area (Å²) in [6, 6.07) is 4.19. The number of anilines is 1. The van der Waals surface area contributed by atoms with Crippen LogP contribution in [0.25, 0.3) is 0 Å². The number of methoxy groups -OCH3 is 1. The number of rotatable bonds is 5. The third-order valence-electron chi connectivity index (χ3n) is 5.16. The molecule has 1 unspecified atom stereocenters. The highest BCUT2D eigenvalue weighted by atomic mass is 19.4. The van der Waals surface area contributed by atoms with Gasteiger partial charge in [0.1, 0.15) is 5.75 Å². The molecule has 3 atom stereocenters. The number of fused-ring (bicyclic) bond motifs is 1. The minimum absolute atomic E-state index is 0.182. The molecule has 0 bridgehead atoms. The summed E-state index contributed by atoms with van der Waals surface area (Å²) < 4.78 is 49.0. The standard InChI is InChI=1S/C18H17F3N4O3/c1-27-16(26)13-4-6-23-17(24-13)25-7-10-11(8-25)12(10)9-28-14-3-2-5-22-15(14)18(19,20)21/h2-6,10-12H,7-9H2,1H3/t10-,11+,12?. The van der Waals surface area contributed by atoms with Gasteiger partial charge in [-0.25, -0.2) is 19.7 Å². The molecule has 10 heteroatoms. The van der Waals surface area contributed by atoms with E-state index in [2.05, 4.69) is 19.7 Å². The summed E-state index contributed by atoms with van der Waals surface area (Å²) >= 11 is 0. The van der Waals surface area contributed by atoms with E-state index in [9.17, 15) is 18.0 Å². The highest BCUT2D eigenvalue weighted by Crippen LogP contribution is 2.52. The molecule has 1 aliphatic heterocycles. The predicted molar refractivity (Wildman–Crippen MR) is 90.8 cm³/mol. The van der Waals surface area contributed by atoms with Crippen molar-refractivity contribution in [3.8, 4) is 5.75 Å². The fraction of sp³-hybridized carbons (Fsp3) is 0.444. The van der Waals surface area contributed by atoms with E-state index in [1.54, 1.807) is 0 Å². The second-order valence-corrected chi connectivity index (χ2v) is 6.79. The lowest BCUT2D eigenvalue weighted by molar-refractivity contribution is -0.142. The Labute approximate surface area is 158 Å². The van der Waals surface area contributed by atoms with E-state index in [1.807, 2.05) is 4.90 Å². The van der Waals surface area contributed by atoms with Crippen molar-refractivity contribution in [1.29, 1.82) is 0 Å². The van der Waals surface area contributed by atoms with Crippen LogP contribution in [0.15, 0.2) is 30.6 Å². The molecule has 2 aromatic rings. The van der Waals surface area contributed by atoms with Gasteiger partial charge in [-0.05, 0) is 30.0 Å². The number of ether oxygens (including phenoxy) is 2. The minimum Gasteiger partial charge on any atom is -0.491 e. The third-order valence-corrected chi connectivity index (χ3v) is 5.16. The molecule has 7 nitrogen and oxygen atoms in total. The SMILES string of the molecule is COC(=O)c1ccnc(N2C[C@@H]3C(COc4cccnc4C(F)(F)F)[C@@H]3C2)n1. The first kappa shape index (κ1) is 18.5. The Morgan fingerprint density at radius 1 is 1.21 bits per heavy atom. The number of carbonyl (C=O) groups is 1. The fourth-order valence-corrected chi connectivity index (χ4v) is 3.68. The molecule has 2 aromatic heterocycles. The first-order valence-corrected chi connectivity index (χ1v) is 8.70. The lowest BCUT2D eigenvalue weighted by atomic mass is 10.2. The van der Waals surface area contributed by atoms with Crippen LogP contribution in [0.1, 0.15) is 16.2 Å². The van der Waals surface area contributed by atoms with Gasteiger partial charge in [-0.3, -0.25) is 0 Å². The number of pyridine rings is 1. The topological polar surface area (TPSA) is 77.4 Å². The molecule has 28 heavy (non-hydrogen) atoms. The van der Waals surface area contributed by atoms with E-state index >= 15 is 0 Å².